The number of fused-ring (bicyclic) bond motifs is 1. The van der Waals surface area contributed by atoms with Crippen molar-refractivity contribution in [2.75, 3.05) is 13.7 Å². The van der Waals surface area contributed by atoms with Crippen molar-refractivity contribution in [3.8, 4) is 5.75 Å². The van der Waals surface area contributed by atoms with Crippen molar-refractivity contribution in [2.45, 2.75) is 52.2 Å². The molecule has 1 aromatic carbocycles. The van der Waals surface area contributed by atoms with Crippen LogP contribution in [0.4, 0.5) is 0 Å². The first-order valence-electron chi connectivity index (χ1n) is 8.78. The maximum atomic E-state index is 11.2. The van der Waals surface area contributed by atoms with Crippen molar-refractivity contribution in [1.82, 2.24) is 9.55 Å². The largest absolute Gasteiger partial charge is 1.00 e. The van der Waals surface area contributed by atoms with Crippen molar-refractivity contribution in [3.63, 3.8) is 0 Å². The first-order valence-corrected chi connectivity index (χ1v) is 14.5. The van der Waals surface area contributed by atoms with Crippen LogP contribution in [0.5, 0.6) is 5.75 Å². The number of carbonyl (C=O) groups excluding carboxylic acids is 1. The molecule has 7 heteroatoms. The Bertz CT molecular complexity index is 797. The van der Waals surface area contributed by atoms with Crippen LogP contribution in [0.2, 0.25) is 18.1 Å². The van der Waals surface area contributed by atoms with Gasteiger partial charge in [0.05, 0.1) is 0 Å². The number of nitrogens with one attached hydrogen (secondary N) is 1. The molecule has 0 saturated heterocycles. The Balaban J connectivity index is 0.00000338. The van der Waals surface area contributed by atoms with Crippen molar-refractivity contribution in [2.24, 2.45) is 0 Å². The molecule has 140 valence electrons. The van der Waals surface area contributed by atoms with Crippen LogP contribution in [0.3, 0.4) is 0 Å². The van der Waals surface area contributed by atoms with Crippen molar-refractivity contribution >= 4 is 28.1 Å². The monoisotopic (exact) mass is 582 g/mol. The van der Waals surface area contributed by atoms with Gasteiger partial charge in [-0.05, 0) is 0 Å². The number of nitrogens with zero attached hydrogens (tertiary/aromatic N) is 1. The Hall–Kier alpha value is -0.528. The number of carbonyl (C=O) groups is 1. The smallest absolute Gasteiger partial charge is 1.00 e. The second kappa shape index (κ2) is 8.65. The Labute approximate surface area is 180 Å². The van der Waals surface area contributed by atoms with Gasteiger partial charge in [-0.2, -0.15) is 0 Å². The average molecular weight is 582 g/mol. The van der Waals surface area contributed by atoms with Crippen LogP contribution in [-0.4, -0.2) is 32.0 Å². The summed E-state index contributed by atoms with van der Waals surface area (Å²) in [6.07, 6.45) is 3.20. The molecule has 4 nitrogen and oxygen atoms in total. The Morgan fingerprint density at radius 2 is 1.92 bits per heavy atom. The van der Waals surface area contributed by atoms with Crippen LogP contribution in [0.25, 0.3) is 10.9 Å². The molecule has 0 aliphatic carbocycles. The summed E-state index contributed by atoms with van der Waals surface area (Å²) in [5.74, 6) is 1.03. The van der Waals surface area contributed by atoms with E-state index in [-0.39, 0.29) is 23.4 Å². The third kappa shape index (κ3) is 4.47. The summed E-state index contributed by atoms with van der Waals surface area (Å²) in [4.78, 5) is 11.2. The van der Waals surface area contributed by atoms with Gasteiger partial charge in [0.25, 0.3) is 0 Å². The molecule has 0 aliphatic heterocycles. The van der Waals surface area contributed by atoms with E-state index in [0.717, 1.165) is 12.2 Å². The van der Waals surface area contributed by atoms with Gasteiger partial charge >= 0.3 is 169 Å². The summed E-state index contributed by atoms with van der Waals surface area (Å²) in [5.41, 5.74) is 2.66. The van der Waals surface area contributed by atoms with Gasteiger partial charge in [0, 0.05) is 0 Å². The van der Waals surface area contributed by atoms with Gasteiger partial charge in [0.2, 0.25) is 0 Å². The van der Waals surface area contributed by atoms with Gasteiger partial charge in [-0.1, -0.05) is 0 Å². The maximum Gasteiger partial charge on any atom is -1.00 e. The Morgan fingerprint density at radius 3 is 2.42 bits per heavy atom. The molecule has 1 amide bonds. The van der Waals surface area contributed by atoms with Crippen LogP contribution in [0, 0.1) is 0 Å². The van der Waals surface area contributed by atoms with Gasteiger partial charge in [-0.25, -0.2) is 0 Å². The van der Waals surface area contributed by atoms with Gasteiger partial charge in [-0.3, -0.25) is 0 Å². The van der Waals surface area contributed by atoms with E-state index in [1.54, 1.807) is 14.0 Å². The maximum absolute atomic E-state index is 11.2. The molecule has 0 fully saturated rings. The van der Waals surface area contributed by atoms with Crippen LogP contribution in [0.1, 0.15) is 33.3 Å². The quantitative estimate of drug-likeness (QED) is 0.519. The number of hydrogen-bond donors (Lipinski definition) is 1. The third-order valence-corrected chi connectivity index (χ3v) is 13.5. The van der Waals surface area contributed by atoms with Crippen LogP contribution >= 0.6 is 0 Å². The van der Waals surface area contributed by atoms with E-state index in [0.29, 0.717) is 32.7 Å². The fourth-order valence-corrected chi connectivity index (χ4v) is 7.64. The van der Waals surface area contributed by atoms with Crippen LogP contribution < -0.4 is 25.5 Å². The summed E-state index contributed by atoms with van der Waals surface area (Å²) in [6, 6.07) is 4.33. The fourth-order valence-electron chi connectivity index (χ4n) is 3.04. The number of rotatable bonds is 5. The van der Waals surface area contributed by atoms with Crippen LogP contribution in [-0.2, 0) is 37.3 Å². The number of hydrogen-bond acceptors (Lipinski definition) is 2. The minimum Gasteiger partial charge on any atom is -1.00 e. The van der Waals surface area contributed by atoms with Crippen molar-refractivity contribution < 1.29 is 48.1 Å². The number of amides is 1. The summed E-state index contributed by atoms with van der Waals surface area (Å²) in [6.45, 7) is 14.2. The summed E-state index contributed by atoms with van der Waals surface area (Å²) >= 11 is 0.454. The topological polar surface area (TPSA) is 43.3 Å². The molecule has 0 saturated carbocycles. The second-order valence-corrected chi connectivity index (χ2v) is 16.1. The summed E-state index contributed by atoms with van der Waals surface area (Å²) in [7, 11) is 0.0233. The predicted molar refractivity (Wildman–Crippen MR) is 103 cm³/mol. The normalized spacial score (nSPS) is 12.0. The Morgan fingerprint density at radius 1 is 1.31 bits per heavy atom. The number of ether oxygens (including phenoxy) is 1. The van der Waals surface area contributed by atoms with Gasteiger partial charge in [-0.15, -0.1) is 0 Å². The van der Waals surface area contributed by atoms with Crippen molar-refractivity contribution in [3.05, 3.63) is 23.9 Å². The molecule has 0 atom stereocenters. The molecule has 0 unspecified atom stereocenters. The number of benzene rings is 1. The zero-order valence-electron chi connectivity index (χ0n) is 17.0. The minimum atomic E-state index is -1.73. The van der Waals surface area contributed by atoms with E-state index in [1.807, 2.05) is 0 Å². The molecule has 0 aliphatic rings. The molecule has 0 radical (unpaired) electrons. The SMILES string of the molecule is COc1ccc2c(c(CCNC(C)=O)cn2[Si](C)(C)C(C)(C)C)[c]1[Hg+].[Cl-]. The molecule has 0 bridgehead atoms. The molecule has 1 N–H and O–H groups in total. The molecule has 2 aromatic rings. The Kier molecular flexibility index (Phi) is 7.83. The summed E-state index contributed by atoms with van der Waals surface area (Å²) in [5, 5.41) is 4.55. The van der Waals surface area contributed by atoms with E-state index in [4.69, 9.17) is 4.74 Å². The van der Waals surface area contributed by atoms with E-state index >= 15 is 0 Å². The molecule has 26 heavy (non-hydrogen) atoms. The van der Waals surface area contributed by atoms with Crippen LogP contribution in [0.15, 0.2) is 18.3 Å². The molecule has 2 rings (SSSR count). The van der Waals surface area contributed by atoms with E-state index < -0.39 is 8.24 Å². The zero-order chi connectivity index (χ0) is 19.0. The van der Waals surface area contributed by atoms with E-state index in [2.05, 4.69) is 61.7 Å². The summed E-state index contributed by atoms with van der Waals surface area (Å²) < 4.78 is 9.52. The van der Waals surface area contributed by atoms with Crippen molar-refractivity contribution in [1.29, 1.82) is 0 Å². The fraction of sp³-hybridized carbons (Fsp3) is 0.526. The first-order chi connectivity index (χ1) is 11.5. The molecule has 1 heterocycles. The number of halogens is 1. The van der Waals surface area contributed by atoms with Gasteiger partial charge in [0.1, 0.15) is 0 Å². The van der Waals surface area contributed by atoms with Gasteiger partial charge in [0.15, 0.2) is 0 Å². The predicted octanol–water partition coefficient (Wildman–Crippen LogP) is 0.358. The first kappa shape index (κ1) is 23.5. The second-order valence-electron chi connectivity index (χ2n) is 8.21. The minimum absolute atomic E-state index is 0. The number of methoxy groups -OCH3 is 1. The molecule has 1 aromatic heterocycles. The molecular weight excluding hydrogens is 552 g/mol. The standard InChI is InChI=1S/C19H29N2O2Si.ClH.Hg/c1-14(22)20-11-10-15-13-21(24(6,7)19(2,3)4)18-9-8-16(23-5)12-17(15)18;;/h8-9,13H,10-11H2,1-7H3,(H,20,22);1H;/q;;+1/p-1. The average Bonchev–Trinajstić information content (AvgIpc) is 2.86. The van der Waals surface area contributed by atoms with Gasteiger partial charge < -0.3 is 12.4 Å². The number of aromatic nitrogens is 1. The molecular formula is C19H29ClHgN2O2Si. The third-order valence-electron chi connectivity index (χ3n) is 5.54. The van der Waals surface area contributed by atoms with E-state index in [1.165, 1.54) is 19.5 Å². The molecule has 0 spiro atoms. The zero-order valence-corrected chi connectivity index (χ0v) is 24.2. The van der Waals surface area contributed by atoms with E-state index in [9.17, 15) is 4.79 Å².